The molecule has 0 saturated carbocycles. The molecule has 1 aliphatic rings. The van der Waals surface area contributed by atoms with Crippen LogP contribution in [-0.4, -0.2) is 50.3 Å². The molecule has 1 aromatic carbocycles. The van der Waals surface area contributed by atoms with Gasteiger partial charge >= 0.3 is 0 Å². The molecule has 1 aliphatic heterocycles. The lowest BCUT2D eigenvalue weighted by molar-refractivity contribution is 0.201. The van der Waals surface area contributed by atoms with Gasteiger partial charge in [-0.2, -0.15) is 4.31 Å². The van der Waals surface area contributed by atoms with Crippen LogP contribution in [0.25, 0.3) is 0 Å². The van der Waals surface area contributed by atoms with Crippen molar-refractivity contribution in [3.05, 3.63) is 40.9 Å². The number of rotatable bonds is 4. The predicted molar refractivity (Wildman–Crippen MR) is 84.2 cm³/mol. The standard InChI is InChI=1S/C14H19BrN2O2S/c1-12(2)11-16-7-9-17(10-8-16)20(18,19)14-5-3-13(15)4-6-14/h3-6H,1,7-11H2,2H3. The molecule has 2 rings (SSSR count). The second kappa shape index (κ2) is 6.39. The zero-order valence-electron chi connectivity index (χ0n) is 11.5. The van der Waals surface area contributed by atoms with Crippen LogP contribution < -0.4 is 0 Å². The maximum atomic E-state index is 12.5. The van der Waals surface area contributed by atoms with E-state index in [0.29, 0.717) is 18.0 Å². The first-order valence-electron chi connectivity index (χ1n) is 6.52. The van der Waals surface area contributed by atoms with Crippen molar-refractivity contribution in [2.24, 2.45) is 0 Å². The van der Waals surface area contributed by atoms with Crippen LogP contribution in [0.5, 0.6) is 0 Å². The average molecular weight is 359 g/mol. The normalized spacial score (nSPS) is 18.1. The molecular weight excluding hydrogens is 340 g/mol. The lowest BCUT2D eigenvalue weighted by atomic mass is 10.3. The Kier molecular flexibility index (Phi) is 5.01. The molecule has 0 spiro atoms. The summed E-state index contributed by atoms with van der Waals surface area (Å²) in [5.74, 6) is 0. The van der Waals surface area contributed by atoms with Gasteiger partial charge in [-0.3, -0.25) is 4.90 Å². The summed E-state index contributed by atoms with van der Waals surface area (Å²) in [6.07, 6.45) is 0. The summed E-state index contributed by atoms with van der Waals surface area (Å²) in [6, 6.07) is 6.79. The molecule has 0 aromatic heterocycles. The lowest BCUT2D eigenvalue weighted by Gasteiger charge is -2.34. The lowest BCUT2D eigenvalue weighted by Crippen LogP contribution is -2.48. The summed E-state index contributed by atoms with van der Waals surface area (Å²) in [7, 11) is -3.37. The van der Waals surface area contributed by atoms with E-state index in [1.807, 2.05) is 6.92 Å². The molecule has 1 aromatic rings. The Hall–Kier alpha value is -0.690. The van der Waals surface area contributed by atoms with E-state index in [-0.39, 0.29) is 0 Å². The maximum absolute atomic E-state index is 12.5. The molecule has 0 atom stereocenters. The van der Waals surface area contributed by atoms with Crippen molar-refractivity contribution < 1.29 is 8.42 Å². The van der Waals surface area contributed by atoms with Crippen molar-refractivity contribution in [1.82, 2.24) is 9.21 Å². The number of hydrogen-bond acceptors (Lipinski definition) is 3. The van der Waals surface area contributed by atoms with Crippen LogP contribution in [0.1, 0.15) is 6.92 Å². The minimum absolute atomic E-state index is 0.356. The molecule has 1 fully saturated rings. The smallest absolute Gasteiger partial charge is 0.243 e. The Labute approximate surface area is 129 Å². The molecule has 20 heavy (non-hydrogen) atoms. The summed E-state index contributed by atoms with van der Waals surface area (Å²) >= 11 is 3.32. The van der Waals surface area contributed by atoms with Gasteiger partial charge < -0.3 is 0 Å². The van der Waals surface area contributed by atoms with Crippen molar-refractivity contribution in [1.29, 1.82) is 0 Å². The molecule has 1 heterocycles. The molecule has 0 radical (unpaired) electrons. The van der Waals surface area contributed by atoms with Gasteiger partial charge in [-0.15, -0.1) is 0 Å². The number of hydrogen-bond donors (Lipinski definition) is 0. The number of nitrogens with zero attached hydrogens (tertiary/aromatic N) is 2. The summed E-state index contributed by atoms with van der Waals surface area (Å²) in [5, 5.41) is 0. The molecule has 0 N–H and O–H groups in total. The van der Waals surface area contributed by atoms with Gasteiger partial charge in [0.2, 0.25) is 10.0 Å². The van der Waals surface area contributed by atoms with Crippen LogP contribution in [0.2, 0.25) is 0 Å². The third-order valence-corrected chi connectivity index (χ3v) is 5.72. The van der Waals surface area contributed by atoms with Crippen molar-refractivity contribution in [3.8, 4) is 0 Å². The van der Waals surface area contributed by atoms with E-state index >= 15 is 0 Å². The van der Waals surface area contributed by atoms with Crippen LogP contribution in [0, 0.1) is 0 Å². The fourth-order valence-electron chi connectivity index (χ4n) is 2.27. The van der Waals surface area contributed by atoms with Crippen molar-refractivity contribution in [2.45, 2.75) is 11.8 Å². The zero-order valence-corrected chi connectivity index (χ0v) is 14.0. The molecule has 6 heteroatoms. The molecule has 1 saturated heterocycles. The van der Waals surface area contributed by atoms with Gasteiger partial charge in [-0.1, -0.05) is 28.1 Å². The predicted octanol–water partition coefficient (Wildman–Crippen LogP) is 2.33. The highest BCUT2D eigenvalue weighted by Crippen LogP contribution is 2.20. The van der Waals surface area contributed by atoms with Crippen LogP contribution in [0.3, 0.4) is 0 Å². The summed E-state index contributed by atoms with van der Waals surface area (Å²) in [6.45, 7) is 9.30. The van der Waals surface area contributed by atoms with Crippen molar-refractivity contribution in [3.63, 3.8) is 0 Å². The van der Waals surface area contributed by atoms with Gasteiger partial charge in [0.05, 0.1) is 4.90 Å². The van der Waals surface area contributed by atoms with E-state index in [1.54, 1.807) is 28.6 Å². The third kappa shape index (κ3) is 3.69. The minimum atomic E-state index is -3.37. The molecular formula is C14H19BrN2O2S. The first kappa shape index (κ1) is 15.7. The van der Waals surface area contributed by atoms with Crippen LogP contribution >= 0.6 is 15.9 Å². The number of piperazine rings is 1. The monoisotopic (exact) mass is 358 g/mol. The van der Waals surface area contributed by atoms with Gasteiger partial charge in [0.15, 0.2) is 0 Å². The summed E-state index contributed by atoms with van der Waals surface area (Å²) in [4.78, 5) is 2.59. The maximum Gasteiger partial charge on any atom is 0.243 e. The van der Waals surface area contributed by atoms with Gasteiger partial charge in [0, 0.05) is 37.2 Å². The largest absolute Gasteiger partial charge is 0.297 e. The van der Waals surface area contributed by atoms with Crippen molar-refractivity contribution in [2.75, 3.05) is 32.7 Å². The average Bonchev–Trinajstić information content (AvgIpc) is 2.39. The molecule has 0 amide bonds. The summed E-state index contributed by atoms with van der Waals surface area (Å²) < 4.78 is 27.4. The molecule has 0 aliphatic carbocycles. The van der Waals surface area contributed by atoms with Crippen LogP contribution in [0.15, 0.2) is 45.8 Å². The van der Waals surface area contributed by atoms with Gasteiger partial charge in [0.1, 0.15) is 0 Å². The molecule has 0 bridgehead atoms. The molecule has 0 unspecified atom stereocenters. The quantitative estimate of drug-likeness (QED) is 0.775. The van der Waals surface area contributed by atoms with Crippen LogP contribution in [0.4, 0.5) is 0 Å². The minimum Gasteiger partial charge on any atom is -0.297 e. The zero-order chi connectivity index (χ0) is 14.8. The highest BCUT2D eigenvalue weighted by atomic mass is 79.9. The molecule has 4 nitrogen and oxygen atoms in total. The Balaban J connectivity index is 2.05. The first-order chi connectivity index (χ1) is 9.39. The fraction of sp³-hybridized carbons (Fsp3) is 0.429. The number of halogens is 1. The third-order valence-electron chi connectivity index (χ3n) is 3.28. The van der Waals surface area contributed by atoms with E-state index in [0.717, 1.165) is 29.7 Å². The highest BCUT2D eigenvalue weighted by Gasteiger charge is 2.28. The Morgan fingerprint density at radius 1 is 1.20 bits per heavy atom. The first-order valence-corrected chi connectivity index (χ1v) is 8.75. The topological polar surface area (TPSA) is 40.6 Å². The van der Waals surface area contributed by atoms with Gasteiger partial charge in [-0.05, 0) is 31.2 Å². The van der Waals surface area contributed by atoms with E-state index in [1.165, 1.54) is 0 Å². The van der Waals surface area contributed by atoms with E-state index in [9.17, 15) is 8.42 Å². The van der Waals surface area contributed by atoms with Gasteiger partial charge in [0.25, 0.3) is 0 Å². The number of sulfonamides is 1. The second-order valence-corrected chi connectivity index (χ2v) is 7.94. The Morgan fingerprint density at radius 2 is 1.75 bits per heavy atom. The molecule has 110 valence electrons. The van der Waals surface area contributed by atoms with Gasteiger partial charge in [-0.25, -0.2) is 8.42 Å². The van der Waals surface area contributed by atoms with Crippen molar-refractivity contribution >= 4 is 26.0 Å². The highest BCUT2D eigenvalue weighted by molar-refractivity contribution is 9.10. The van der Waals surface area contributed by atoms with Crippen LogP contribution in [-0.2, 0) is 10.0 Å². The van der Waals surface area contributed by atoms with E-state index in [4.69, 9.17) is 0 Å². The number of benzene rings is 1. The summed E-state index contributed by atoms with van der Waals surface area (Å²) in [5.41, 5.74) is 1.11. The van der Waals surface area contributed by atoms with E-state index in [2.05, 4.69) is 27.4 Å². The SMILES string of the molecule is C=C(C)CN1CCN(S(=O)(=O)c2ccc(Br)cc2)CC1. The second-order valence-electron chi connectivity index (χ2n) is 5.09. The Bertz CT molecular complexity index is 576. The van der Waals surface area contributed by atoms with E-state index < -0.39 is 10.0 Å². The fourth-order valence-corrected chi connectivity index (χ4v) is 3.95. The Morgan fingerprint density at radius 3 is 2.25 bits per heavy atom.